The summed E-state index contributed by atoms with van der Waals surface area (Å²) >= 11 is 0. The van der Waals surface area contributed by atoms with Crippen LogP contribution in [-0.2, 0) is 20.1 Å². The SMILES string of the molecule is Cn1c(=O)n(Cc2ccccc2)c(=O)c2c1nc(N/N=C\c1ccc(F)cc1)n2Cc1ccccc1. The van der Waals surface area contributed by atoms with Gasteiger partial charge in [-0.15, -0.1) is 0 Å². The highest BCUT2D eigenvalue weighted by atomic mass is 19.1. The topological polar surface area (TPSA) is 86.2 Å². The van der Waals surface area contributed by atoms with Crippen molar-refractivity contribution in [1.82, 2.24) is 18.7 Å². The zero-order chi connectivity index (χ0) is 25.1. The first-order chi connectivity index (χ1) is 17.5. The minimum atomic E-state index is -0.456. The molecule has 0 saturated carbocycles. The van der Waals surface area contributed by atoms with Crippen LogP contribution < -0.4 is 16.7 Å². The van der Waals surface area contributed by atoms with Crippen LogP contribution in [0.15, 0.2) is 99.6 Å². The second-order valence-corrected chi connectivity index (χ2v) is 8.32. The Kier molecular flexibility index (Phi) is 6.27. The maximum absolute atomic E-state index is 13.6. The first-order valence-electron chi connectivity index (χ1n) is 11.3. The third-order valence-electron chi connectivity index (χ3n) is 5.85. The van der Waals surface area contributed by atoms with Gasteiger partial charge in [0.15, 0.2) is 11.2 Å². The molecule has 3 aromatic carbocycles. The van der Waals surface area contributed by atoms with Gasteiger partial charge in [0.25, 0.3) is 5.56 Å². The average molecular weight is 483 g/mol. The molecular formula is C27H23FN6O2. The van der Waals surface area contributed by atoms with Crippen molar-refractivity contribution < 1.29 is 4.39 Å². The lowest BCUT2D eigenvalue weighted by atomic mass is 10.2. The molecule has 36 heavy (non-hydrogen) atoms. The molecule has 0 amide bonds. The van der Waals surface area contributed by atoms with E-state index < -0.39 is 11.2 Å². The number of nitrogens with one attached hydrogen (secondary N) is 1. The minimum Gasteiger partial charge on any atom is -0.298 e. The molecule has 0 saturated heterocycles. The van der Waals surface area contributed by atoms with Crippen molar-refractivity contribution in [3.05, 3.63) is 128 Å². The van der Waals surface area contributed by atoms with Gasteiger partial charge in [-0.3, -0.25) is 18.5 Å². The highest BCUT2D eigenvalue weighted by molar-refractivity contribution is 5.80. The van der Waals surface area contributed by atoms with Gasteiger partial charge in [0.05, 0.1) is 19.3 Å². The molecular weight excluding hydrogens is 459 g/mol. The molecule has 0 atom stereocenters. The van der Waals surface area contributed by atoms with Crippen LogP contribution in [0.25, 0.3) is 11.2 Å². The van der Waals surface area contributed by atoms with Crippen LogP contribution in [0.4, 0.5) is 10.3 Å². The van der Waals surface area contributed by atoms with E-state index >= 15 is 0 Å². The normalized spacial score (nSPS) is 11.4. The molecule has 0 radical (unpaired) electrons. The van der Waals surface area contributed by atoms with Crippen LogP contribution in [0, 0.1) is 5.82 Å². The minimum absolute atomic E-state index is 0.143. The number of imidazole rings is 1. The molecule has 0 bridgehead atoms. The van der Waals surface area contributed by atoms with E-state index in [1.165, 1.54) is 27.5 Å². The predicted molar refractivity (Wildman–Crippen MR) is 138 cm³/mol. The lowest BCUT2D eigenvalue weighted by Crippen LogP contribution is -2.40. The first-order valence-corrected chi connectivity index (χ1v) is 11.3. The number of rotatable bonds is 7. The molecule has 2 heterocycles. The number of hydrogen-bond acceptors (Lipinski definition) is 5. The number of hydrazone groups is 1. The summed E-state index contributed by atoms with van der Waals surface area (Å²) in [5.74, 6) is -0.0331. The van der Waals surface area contributed by atoms with E-state index in [-0.39, 0.29) is 23.5 Å². The Morgan fingerprint density at radius 1 is 0.861 bits per heavy atom. The van der Waals surface area contributed by atoms with Crippen molar-refractivity contribution in [2.24, 2.45) is 12.1 Å². The van der Waals surface area contributed by atoms with Gasteiger partial charge in [-0.05, 0) is 28.8 Å². The standard InChI is InChI=1S/C27H23FN6O2/c1-32-24-23(25(35)34(27(32)36)18-21-10-6-3-7-11-21)33(17-20-8-4-2-5-9-20)26(30-24)31-29-16-19-12-14-22(28)15-13-19/h2-16H,17-18H2,1H3,(H,30,31)/b29-16-. The summed E-state index contributed by atoms with van der Waals surface area (Å²) in [6, 6.07) is 24.9. The van der Waals surface area contributed by atoms with E-state index in [0.29, 0.717) is 18.1 Å². The smallest absolute Gasteiger partial charge is 0.298 e. The number of aryl methyl sites for hydroxylation is 1. The second kappa shape index (κ2) is 9.83. The maximum atomic E-state index is 13.6. The summed E-state index contributed by atoms with van der Waals surface area (Å²) in [5.41, 5.74) is 5.02. The van der Waals surface area contributed by atoms with Crippen LogP contribution in [0.3, 0.4) is 0 Å². The van der Waals surface area contributed by atoms with Crippen molar-refractivity contribution in [1.29, 1.82) is 0 Å². The van der Waals surface area contributed by atoms with Crippen LogP contribution >= 0.6 is 0 Å². The van der Waals surface area contributed by atoms with Crippen molar-refractivity contribution in [2.75, 3.05) is 5.43 Å². The molecule has 5 aromatic rings. The van der Waals surface area contributed by atoms with E-state index in [1.54, 1.807) is 23.7 Å². The van der Waals surface area contributed by atoms with Crippen LogP contribution in [0.5, 0.6) is 0 Å². The van der Waals surface area contributed by atoms with E-state index in [1.807, 2.05) is 60.7 Å². The largest absolute Gasteiger partial charge is 0.332 e. The number of benzene rings is 3. The summed E-state index contributed by atoms with van der Waals surface area (Å²) in [5, 5.41) is 4.23. The van der Waals surface area contributed by atoms with Crippen LogP contribution in [0.2, 0.25) is 0 Å². The van der Waals surface area contributed by atoms with Gasteiger partial charge in [0.2, 0.25) is 5.95 Å². The van der Waals surface area contributed by atoms with Gasteiger partial charge in [-0.2, -0.15) is 10.1 Å². The van der Waals surface area contributed by atoms with Crippen molar-refractivity contribution in [3.63, 3.8) is 0 Å². The van der Waals surface area contributed by atoms with E-state index in [2.05, 4.69) is 15.5 Å². The second-order valence-electron chi connectivity index (χ2n) is 8.32. The molecule has 0 spiro atoms. The third-order valence-corrected chi connectivity index (χ3v) is 5.85. The number of aromatic nitrogens is 4. The molecule has 0 fully saturated rings. The van der Waals surface area contributed by atoms with Gasteiger partial charge >= 0.3 is 5.69 Å². The lowest BCUT2D eigenvalue weighted by molar-refractivity contribution is 0.628. The van der Waals surface area contributed by atoms with Crippen LogP contribution in [0.1, 0.15) is 16.7 Å². The summed E-state index contributed by atoms with van der Waals surface area (Å²) in [6.45, 7) is 0.481. The monoisotopic (exact) mass is 482 g/mol. The van der Waals surface area contributed by atoms with E-state index in [4.69, 9.17) is 0 Å². The van der Waals surface area contributed by atoms with Gasteiger partial charge in [-0.1, -0.05) is 72.8 Å². The third kappa shape index (κ3) is 4.58. The number of fused-ring (bicyclic) bond motifs is 1. The van der Waals surface area contributed by atoms with Crippen molar-refractivity contribution in [3.8, 4) is 0 Å². The zero-order valence-corrected chi connectivity index (χ0v) is 19.5. The quantitative estimate of drug-likeness (QED) is 0.284. The highest BCUT2D eigenvalue weighted by Crippen LogP contribution is 2.18. The highest BCUT2D eigenvalue weighted by Gasteiger charge is 2.20. The predicted octanol–water partition coefficient (Wildman–Crippen LogP) is 3.58. The summed E-state index contributed by atoms with van der Waals surface area (Å²) in [4.78, 5) is 31.3. The fourth-order valence-electron chi connectivity index (χ4n) is 4.00. The molecule has 8 nitrogen and oxygen atoms in total. The van der Waals surface area contributed by atoms with Crippen LogP contribution in [-0.4, -0.2) is 24.9 Å². The lowest BCUT2D eigenvalue weighted by Gasteiger charge is -2.11. The van der Waals surface area contributed by atoms with Gasteiger partial charge in [-0.25, -0.2) is 14.6 Å². The maximum Gasteiger partial charge on any atom is 0.332 e. The zero-order valence-electron chi connectivity index (χ0n) is 19.5. The number of anilines is 1. The molecule has 0 unspecified atom stereocenters. The summed E-state index contributed by atoms with van der Waals surface area (Å²) < 4.78 is 17.5. The van der Waals surface area contributed by atoms with E-state index in [0.717, 1.165) is 11.1 Å². The number of halogens is 1. The molecule has 5 rings (SSSR count). The Hall–Kier alpha value is -4.79. The molecule has 0 aliphatic heterocycles. The molecule has 0 aliphatic rings. The Bertz CT molecular complexity index is 1650. The Morgan fingerprint density at radius 2 is 1.44 bits per heavy atom. The van der Waals surface area contributed by atoms with Gasteiger partial charge in [0.1, 0.15) is 5.82 Å². The Balaban J connectivity index is 1.62. The molecule has 9 heteroatoms. The molecule has 180 valence electrons. The fourth-order valence-corrected chi connectivity index (χ4v) is 4.00. The fraction of sp³-hybridized carbons (Fsp3) is 0.111. The van der Waals surface area contributed by atoms with Gasteiger partial charge in [0, 0.05) is 7.05 Å². The molecule has 1 N–H and O–H groups in total. The molecule has 2 aromatic heterocycles. The first kappa shape index (κ1) is 23.0. The number of nitrogens with zero attached hydrogens (tertiary/aromatic N) is 5. The summed E-state index contributed by atoms with van der Waals surface area (Å²) in [6.07, 6.45) is 1.53. The van der Waals surface area contributed by atoms with Crippen molar-refractivity contribution in [2.45, 2.75) is 13.1 Å². The summed E-state index contributed by atoms with van der Waals surface area (Å²) in [7, 11) is 1.59. The Morgan fingerprint density at radius 3 is 2.06 bits per heavy atom. The van der Waals surface area contributed by atoms with Gasteiger partial charge < -0.3 is 0 Å². The Labute approximate surface area is 205 Å². The van der Waals surface area contributed by atoms with Crippen molar-refractivity contribution >= 4 is 23.3 Å². The molecule has 0 aliphatic carbocycles. The van der Waals surface area contributed by atoms with E-state index in [9.17, 15) is 14.0 Å². The number of hydrogen-bond donors (Lipinski definition) is 1. The average Bonchev–Trinajstić information content (AvgIpc) is 3.26.